The molecule has 0 atom stereocenters. The van der Waals surface area contributed by atoms with Crippen LogP contribution >= 0.6 is 0 Å². The summed E-state index contributed by atoms with van der Waals surface area (Å²) in [5.74, 6) is 0.698. The molecule has 2 aromatic rings. The van der Waals surface area contributed by atoms with Crippen LogP contribution in [-0.4, -0.2) is 54.1 Å². The van der Waals surface area contributed by atoms with Gasteiger partial charge in [-0.05, 0) is 31.2 Å². The Labute approximate surface area is 185 Å². The van der Waals surface area contributed by atoms with Gasteiger partial charge in [-0.1, -0.05) is 73.4 Å². The number of carbonyl (C=O) groups is 2. The van der Waals surface area contributed by atoms with Gasteiger partial charge in [-0.15, -0.1) is 0 Å². The number of aryl methyl sites for hydroxylation is 1. The molecule has 1 saturated carbocycles. The van der Waals surface area contributed by atoms with E-state index < -0.39 is 5.54 Å². The second kappa shape index (κ2) is 8.33. The number of piperazine rings is 1. The van der Waals surface area contributed by atoms with Crippen LogP contribution in [0.15, 0.2) is 48.5 Å². The Hall–Kier alpha value is -2.30. The number of carbonyl (C=O) groups excluding carboxylic acids is 2. The monoisotopic (exact) mass is 416 g/mol. The molecule has 1 saturated heterocycles. The van der Waals surface area contributed by atoms with E-state index >= 15 is 0 Å². The van der Waals surface area contributed by atoms with Crippen molar-refractivity contribution in [1.29, 1.82) is 0 Å². The fraction of sp³-hybridized carbons (Fsp3) is 0.481. The number of rotatable bonds is 4. The quantitative estimate of drug-likeness (QED) is 0.690. The van der Waals surface area contributed by atoms with E-state index in [0.717, 1.165) is 49.8 Å². The molecule has 2 fully saturated rings. The van der Waals surface area contributed by atoms with Gasteiger partial charge in [0.15, 0.2) is 17.1 Å². The second-order valence-corrected chi connectivity index (χ2v) is 9.58. The first-order chi connectivity index (χ1) is 15.1. The molecule has 3 aliphatic rings. The predicted molar refractivity (Wildman–Crippen MR) is 123 cm³/mol. The van der Waals surface area contributed by atoms with Crippen molar-refractivity contribution in [2.45, 2.75) is 44.6 Å². The van der Waals surface area contributed by atoms with Crippen molar-refractivity contribution in [3.63, 3.8) is 0 Å². The first-order valence-corrected chi connectivity index (χ1v) is 11.8. The summed E-state index contributed by atoms with van der Waals surface area (Å²) >= 11 is 0. The number of ketones is 2. The maximum absolute atomic E-state index is 13.9. The lowest BCUT2D eigenvalue weighted by atomic mass is 9.81. The van der Waals surface area contributed by atoms with Gasteiger partial charge in [0.05, 0.1) is 0 Å². The Kier molecular flexibility index (Phi) is 5.53. The molecule has 0 aromatic heterocycles. The van der Waals surface area contributed by atoms with Gasteiger partial charge in [0, 0.05) is 43.9 Å². The van der Waals surface area contributed by atoms with E-state index in [-0.39, 0.29) is 11.6 Å². The molecule has 1 aliphatic heterocycles. The molecule has 0 N–H and O–H groups in total. The maximum atomic E-state index is 13.9. The fourth-order valence-corrected chi connectivity index (χ4v) is 5.97. The highest BCUT2D eigenvalue weighted by Gasteiger charge is 2.58. The second-order valence-electron chi connectivity index (χ2n) is 9.58. The van der Waals surface area contributed by atoms with Crippen LogP contribution in [0.4, 0.5) is 0 Å². The molecular formula is C27H32N2O2. The zero-order chi connectivity index (χ0) is 21.4. The lowest BCUT2D eigenvalue weighted by molar-refractivity contribution is 0.0256. The predicted octanol–water partition coefficient (Wildman–Crippen LogP) is 4.47. The number of hydrogen-bond acceptors (Lipinski definition) is 4. The molecule has 5 rings (SSSR count). The molecule has 2 aromatic carbocycles. The zero-order valence-corrected chi connectivity index (χ0v) is 18.5. The van der Waals surface area contributed by atoms with Gasteiger partial charge in [-0.3, -0.25) is 14.5 Å². The van der Waals surface area contributed by atoms with Gasteiger partial charge in [0.1, 0.15) is 0 Å². The zero-order valence-electron chi connectivity index (χ0n) is 18.5. The third-order valence-electron chi connectivity index (χ3n) is 7.60. The molecule has 0 spiro atoms. The van der Waals surface area contributed by atoms with Crippen LogP contribution in [0.5, 0.6) is 0 Å². The minimum absolute atomic E-state index is 0.0561. The summed E-state index contributed by atoms with van der Waals surface area (Å²) in [5.41, 5.74) is 1.81. The summed E-state index contributed by atoms with van der Waals surface area (Å²) in [6.07, 6.45) is 6.80. The summed E-state index contributed by atoms with van der Waals surface area (Å²) in [5, 5.41) is 0. The van der Waals surface area contributed by atoms with Gasteiger partial charge in [0.25, 0.3) is 0 Å². The molecule has 0 radical (unpaired) electrons. The van der Waals surface area contributed by atoms with Gasteiger partial charge in [0.2, 0.25) is 0 Å². The average Bonchev–Trinajstić information content (AvgIpc) is 3.03. The first kappa shape index (κ1) is 20.6. The molecular weight excluding hydrogens is 384 g/mol. The van der Waals surface area contributed by atoms with Gasteiger partial charge >= 0.3 is 0 Å². The van der Waals surface area contributed by atoms with Crippen LogP contribution in [-0.2, 0) is 5.54 Å². The molecule has 4 heteroatoms. The molecule has 0 bridgehead atoms. The molecule has 2 aliphatic carbocycles. The molecule has 31 heavy (non-hydrogen) atoms. The van der Waals surface area contributed by atoms with E-state index in [1.807, 2.05) is 55.5 Å². The highest BCUT2D eigenvalue weighted by atomic mass is 16.2. The Balaban J connectivity index is 1.45. The van der Waals surface area contributed by atoms with E-state index in [2.05, 4.69) is 9.80 Å². The summed E-state index contributed by atoms with van der Waals surface area (Å²) in [6, 6.07) is 15.3. The summed E-state index contributed by atoms with van der Waals surface area (Å²) in [7, 11) is 0. The van der Waals surface area contributed by atoms with E-state index in [1.54, 1.807) is 0 Å². The van der Waals surface area contributed by atoms with E-state index in [0.29, 0.717) is 11.1 Å². The first-order valence-electron chi connectivity index (χ1n) is 11.8. The van der Waals surface area contributed by atoms with Crippen LogP contribution in [0.25, 0.3) is 0 Å². The molecule has 0 unspecified atom stereocenters. The van der Waals surface area contributed by atoms with Crippen LogP contribution in [0, 0.1) is 12.8 Å². The molecule has 4 nitrogen and oxygen atoms in total. The number of Topliss-reactive ketones (excluding diaryl/α,β-unsaturated/α-hetero) is 2. The third kappa shape index (κ3) is 3.46. The number of hydrogen-bond donors (Lipinski definition) is 0. The largest absolute Gasteiger partial charge is 0.301 e. The van der Waals surface area contributed by atoms with E-state index in [1.165, 1.54) is 32.1 Å². The Bertz CT molecular complexity index is 949. The normalized spacial score (nSPS) is 22.6. The van der Waals surface area contributed by atoms with E-state index in [9.17, 15) is 9.59 Å². The fourth-order valence-electron chi connectivity index (χ4n) is 5.97. The van der Waals surface area contributed by atoms with Crippen LogP contribution in [0.2, 0.25) is 0 Å². The maximum Gasteiger partial charge on any atom is 0.196 e. The van der Waals surface area contributed by atoms with E-state index in [4.69, 9.17) is 0 Å². The van der Waals surface area contributed by atoms with Gasteiger partial charge < -0.3 is 4.90 Å². The van der Waals surface area contributed by atoms with Gasteiger partial charge in [-0.2, -0.15) is 0 Å². The standard InChI is InChI=1S/C27H32N2O2/c1-20-8-7-11-22(18-20)27(25(30)23-12-5-6-13-24(23)26(27)31)29-16-14-28(15-17-29)19-21-9-3-2-4-10-21/h5-8,11-13,18,21H,2-4,9-10,14-17,19H2,1H3. The highest BCUT2D eigenvalue weighted by Crippen LogP contribution is 2.43. The summed E-state index contributed by atoms with van der Waals surface area (Å²) < 4.78 is 0. The van der Waals surface area contributed by atoms with Crippen LogP contribution in [0.3, 0.4) is 0 Å². The van der Waals surface area contributed by atoms with Crippen molar-refractivity contribution >= 4 is 11.6 Å². The smallest absolute Gasteiger partial charge is 0.196 e. The van der Waals surface area contributed by atoms with Gasteiger partial charge in [-0.25, -0.2) is 0 Å². The summed E-state index contributed by atoms with van der Waals surface area (Å²) in [4.78, 5) is 32.4. The topological polar surface area (TPSA) is 40.6 Å². The number of benzene rings is 2. The van der Waals surface area contributed by atoms with Crippen molar-refractivity contribution in [3.8, 4) is 0 Å². The summed E-state index contributed by atoms with van der Waals surface area (Å²) in [6.45, 7) is 6.50. The van der Waals surface area contributed by atoms with Crippen molar-refractivity contribution in [3.05, 3.63) is 70.8 Å². The number of nitrogens with zero attached hydrogens (tertiary/aromatic N) is 2. The van der Waals surface area contributed by atoms with Crippen molar-refractivity contribution in [2.75, 3.05) is 32.7 Å². The lowest BCUT2D eigenvalue weighted by Crippen LogP contribution is -2.60. The number of fused-ring (bicyclic) bond motifs is 1. The van der Waals surface area contributed by atoms with Crippen LogP contribution in [0.1, 0.15) is 63.9 Å². The lowest BCUT2D eigenvalue weighted by Gasteiger charge is -2.45. The Morgan fingerprint density at radius 2 is 1.48 bits per heavy atom. The Morgan fingerprint density at radius 3 is 2.10 bits per heavy atom. The minimum Gasteiger partial charge on any atom is -0.301 e. The van der Waals surface area contributed by atoms with Crippen molar-refractivity contribution in [1.82, 2.24) is 9.80 Å². The molecule has 162 valence electrons. The average molecular weight is 417 g/mol. The van der Waals surface area contributed by atoms with Crippen molar-refractivity contribution in [2.24, 2.45) is 5.92 Å². The van der Waals surface area contributed by atoms with Crippen molar-refractivity contribution < 1.29 is 9.59 Å². The third-order valence-corrected chi connectivity index (χ3v) is 7.60. The molecule has 0 amide bonds. The Morgan fingerprint density at radius 1 is 0.839 bits per heavy atom. The molecule has 1 heterocycles. The van der Waals surface area contributed by atoms with Crippen LogP contribution < -0.4 is 0 Å². The minimum atomic E-state index is -1.22. The highest BCUT2D eigenvalue weighted by molar-refractivity contribution is 6.32. The SMILES string of the molecule is Cc1cccc(C2(N3CCN(CC4CCCCC4)CC3)C(=O)c3ccccc3C2=O)c1.